The Hall–Kier alpha value is -0.463. The molecule has 0 bridgehead atoms. The topological polar surface area (TPSA) is 66.4 Å². The van der Waals surface area contributed by atoms with Crippen LogP contribution in [-0.4, -0.2) is 42.4 Å². The summed E-state index contributed by atoms with van der Waals surface area (Å²) in [4.78, 5) is 20.9. The molecule has 1 atom stereocenters. The molecule has 0 aromatic carbocycles. The predicted molar refractivity (Wildman–Crippen MR) is 59.0 cm³/mol. The van der Waals surface area contributed by atoms with Crippen LogP contribution in [-0.2, 0) is 9.59 Å². The normalized spacial score (nSPS) is 18.7. The van der Waals surface area contributed by atoms with Gasteiger partial charge in [-0.15, -0.1) is 0 Å². The Bertz CT molecular complexity index is 205. The SMILES string of the molecule is O=CNC(CC(=O)O)C1CCCCC1.[LiH]. The van der Waals surface area contributed by atoms with Crippen LogP contribution in [0.4, 0.5) is 0 Å². The van der Waals surface area contributed by atoms with Crippen molar-refractivity contribution < 1.29 is 14.7 Å². The molecule has 1 aliphatic carbocycles. The number of aliphatic carboxylic acids is 1. The minimum absolute atomic E-state index is 0. The predicted octanol–water partition coefficient (Wildman–Crippen LogP) is 0.507. The van der Waals surface area contributed by atoms with Crippen LogP contribution < -0.4 is 5.32 Å². The minimum atomic E-state index is -0.838. The Kier molecular flexibility index (Phi) is 7.54. The van der Waals surface area contributed by atoms with Crippen LogP contribution in [0.25, 0.3) is 0 Å². The first-order valence-electron chi connectivity index (χ1n) is 5.15. The van der Waals surface area contributed by atoms with Gasteiger partial charge in [-0.1, -0.05) is 19.3 Å². The van der Waals surface area contributed by atoms with Gasteiger partial charge in [-0.2, -0.15) is 0 Å². The van der Waals surface area contributed by atoms with Gasteiger partial charge in [-0.3, -0.25) is 9.59 Å². The third-order valence-corrected chi connectivity index (χ3v) is 2.90. The maximum atomic E-state index is 10.6. The summed E-state index contributed by atoms with van der Waals surface area (Å²) in [6.07, 6.45) is 6.28. The van der Waals surface area contributed by atoms with Crippen molar-refractivity contribution in [3.63, 3.8) is 0 Å². The van der Waals surface area contributed by atoms with Crippen molar-refractivity contribution in [2.24, 2.45) is 5.92 Å². The fourth-order valence-electron chi connectivity index (χ4n) is 2.17. The number of hydrogen-bond acceptors (Lipinski definition) is 2. The molecule has 0 heterocycles. The number of carboxylic acid groups (broad SMARTS) is 1. The summed E-state index contributed by atoms with van der Waals surface area (Å²) in [5.41, 5.74) is 0. The zero-order chi connectivity index (χ0) is 10.4. The summed E-state index contributed by atoms with van der Waals surface area (Å²) in [6.45, 7) is 0. The van der Waals surface area contributed by atoms with Gasteiger partial charge in [0.2, 0.25) is 6.41 Å². The summed E-state index contributed by atoms with van der Waals surface area (Å²) in [7, 11) is 0. The maximum absolute atomic E-state index is 10.6. The number of carbonyl (C=O) groups excluding carboxylic acids is 1. The molecule has 0 aromatic rings. The molecule has 1 fully saturated rings. The van der Waals surface area contributed by atoms with E-state index >= 15 is 0 Å². The van der Waals surface area contributed by atoms with E-state index in [2.05, 4.69) is 5.32 Å². The molecule has 1 saturated carbocycles. The van der Waals surface area contributed by atoms with Crippen molar-refractivity contribution in [3.8, 4) is 0 Å². The standard InChI is InChI=1S/C10H17NO3.Li.H/c12-7-11-9(6-10(13)14)8-4-2-1-3-5-8;;/h7-9H,1-6H2,(H,11,12)(H,13,14);;. The van der Waals surface area contributed by atoms with Gasteiger partial charge in [0.1, 0.15) is 0 Å². The quantitative estimate of drug-likeness (QED) is 0.510. The molecule has 0 aliphatic heterocycles. The fraction of sp³-hybridized carbons (Fsp3) is 0.800. The molecule has 82 valence electrons. The van der Waals surface area contributed by atoms with E-state index in [1.165, 1.54) is 6.42 Å². The van der Waals surface area contributed by atoms with Crippen LogP contribution in [0.15, 0.2) is 0 Å². The first kappa shape index (κ1) is 14.5. The molecule has 5 heteroatoms. The number of hydrogen-bond donors (Lipinski definition) is 2. The molecule has 15 heavy (non-hydrogen) atoms. The van der Waals surface area contributed by atoms with E-state index < -0.39 is 5.97 Å². The van der Waals surface area contributed by atoms with E-state index in [0.717, 1.165) is 25.7 Å². The molecule has 0 radical (unpaired) electrons. The second-order valence-electron chi connectivity index (χ2n) is 3.89. The molecular formula is C10H18LiNO3. The van der Waals surface area contributed by atoms with Crippen LogP contribution in [0.1, 0.15) is 38.5 Å². The molecule has 1 rings (SSSR count). The molecule has 1 amide bonds. The van der Waals surface area contributed by atoms with Gasteiger partial charge >= 0.3 is 24.8 Å². The summed E-state index contributed by atoms with van der Waals surface area (Å²) >= 11 is 0. The second kappa shape index (κ2) is 7.78. The molecule has 0 aromatic heterocycles. The number of rotatable bonds is 5. The van der Waals surface area contributed by atoms with E-state index in [1.807, 2.05) is 0 Å². The van der Waals surface area contributed by atoms with E-state index in [4.69, 9.17) is 5.11 Å². The van der Waals surface area contributed by atoms with Gasteiger partial charge in [0.25, 0.3) is 0 Å². The Morgan fingerprint density at radius 2 is 2.00 bits per heavy atom. The van der Waals surface area contributed by atoms with Crippen molar-refractivity contribution in [1.82, 2.24) is 5.32 Å². The Labute approximate surface area is 102 Å². The molecule has 0 saturated heterocycles. The van der Waals surface area contributed by atoms with Crippen molar-refractivity contribution in [2.75, 3.05) is 0 Å². The van der Waals surface area contributed by atoms with Crippen LogP contribution in [0, 0.1) is 5.92 Å². The van der Waals surface area contributed by atoms with Crippen molar-refractivity contribution in [2.45, 2.75) is 44.6 Å². The Morgan fingerprint density at radius 3 is 2.47 bits per heavy atom. The Morgan fingerprint density at radius 1 is 1.40 bits per heavy atom. The van der Waals surface area contributed by atoms with Gasteiger partial charge in [0.15, 0.2) is 0 Å². The molecule has 0 spiro atoms. The number of nitrogens with one attached hydrogen (secondary N) is 1. The average molecular weight is 207 g/mol. The zero-order valence-electron chi connectivity index (χ0n) is 8.24. The van der Waals surface area contributed by atoms with E-state index in [-0.39, 0.29) is 31.3 Å². The van der Waals surface area contributed by atoms with E-state index in [9.17, 15) is 9.59 Å². The van der Waals surface area contributed by atoms with Gasteiger partial charge < -0.3 is 10.4 Å². The summed E-state index contributed by atoms with van der Waals surface area (Å²) in [5.74, 6) is -0.486. The Balaban J connectivity index is 0.00000196. The van der Waals surface area contributed by atoms with Crippen LogP contribution in [0.3, 0.4) is 0 Å². The van der Waals surface area contributed by atoms with Gasteiger partial charge in [0, 0.05) is 6.04 Å². The van der Waals surface area contributed by atoms with E-state index in [0.29, 0.717) is 12.3 Å². The molecule has 4 nitrogen and oxygen atoms in total. The molecule has 2 N–H and O–H groups in total. The van der Waals surface area contributed by atoms with Gasteiger partial charge in [-0.05, 0) is 18.8 Å². The zero-order valence-corrected chi connectivity index (χ0v) is 8.24. The van der Waals surface area contributed by atoms with Gasteiger partial charge in [-0.25, -0.2) is 0 Å². The molecule has 1 unspecified atom stereocenters. The van der Waals surface area contributed by atoms with Crippen LogP contribution >= 0.6 is 0 Å². The monoisotopic (exact) mass is 207 g/mol. The molecular weight excluding hydrogens is 189 g/mol. The molecule has 1 aliphatic rings. The third kappa shape index (κ3) is 5.24. The number of carbonyl (C=O) groups is 2. The summed E-state index contributed by atoms with van der Waals surface area (Å²) in [5, 5.41) is 11.3. The number of amides is 1. The van der Waals surface area contributed by atoms with Crippen LogP contribution in [0.2, 0.25) is 0 Å². The van der Waals surface area contributed by atoms with Crippen LogP contribution in [0.5, 0.6) is 0 Å². The second-order valence-corrected chi connectivity index (χ2v) is 3.89. The fourth-order valence-corrected chi connectivity index (χ4v) is 2.17. The summed E-state index contributed by atoms with van der Waals surface area (Å²) < 4.78 is 0. The van der Waals surface area contributed by atoms with E-state index in [1.54, 1.807) is 0 Å². The summed E-state index contributed by atoms with van der Waals surface area (Å²) in [6, 6.07) is -0.176. The first-order valence-corrected chi connectivity index (χ1v) is 5.15. The first-order chi connectivity index (χ1) is 6.74. The number of carboxylic acids is 1. The van der Waals surface area contributed by atoms with Gasteiger partial charge in [0.05, 0.1) is 6.42 Å². The third-order valence-electron chi connectivity index (χ3n) is 2.90. The van der Waals surface area contributed by atoms with Crippen molar-refractivity contribution >= 4 is 31.2 Å². The average Bonchev–Trinajstić information content (AvgIpc) is 2.18. The van der Waals surface area contributed by atoms with Crippen molar-refractivity contribution in [1.29, 1.82) is 0 Å². The van der Waals surface area contributed by atoms with Crippen molar-refractivity contribution in [3.05, 3.63) is 0 Å².